The Morgan fingerprint density at radius 2 is 1.14 bits per heavy atom. The van der Waals surface area contributed by atoms with Gasteiger partial charge in [-0.2, -0.15) is 0 Å². The van der Waals surface area contributed by atoms with Crippen LogP contribution in [0.15, 0.2) is 0 Å². The molecule has 0 bridgehead atoms. The molecule has 0 aromatic rings. The summed E-state index contributed by atoms with van der Waals surface area (Å²) in [6.07, 6.45) is 5.41. The monoisotopic (exact) mass is 410 g/mol. The van der Waals surface area contributed by atoms with E-state index in [4.69, 9.17) is 20.9 Å². The molecule has 0 spiro atoms. The van der Waals surface area contributed by atoms with Crippen molar-refractivity contribution in [1.82, 2.24) is 0 Å². The first kappa shape index (κ1) is 24.1. The molecule has 0 saturated heterocycles. The molecule has 6 nitrogen and oxygen atoms in total. The smallest absolute Gasteiger partial charge is 0.323 e. The summed E-state index contributed by atoms with van der Waals surface area (Å²) >= 11 is 0. The lowest BCUT2D eigenvalue weighted by Crippen LogP contribution is -2.46. The van der Waals surface area contributed by atoms with Gasteiger partial charge in [0.25, 0.3) is 0 Å². The molecule has 168 valence electrons. The summed E-state index contributed by atoms with van der Waals surface area (Å²) in [5.41, 5.74) is 12.3. The van der Waals surface area contributed by atoms with Crippen molar-refractivity contribution >= 4 is 11.9 Å². The Morgan fingerprint density at radius 1 is 0.793 bits per heavy atom. The van der Waals surface area contributed by atoms with E-state index >= 15 is 0 Å². The van der Waals surface area contributed by atoms with E-state index in [9.17, 15) is 9.59 Å². The van der Waals surface area contributed by atoms with E-state index in [1.165, 1.54) is 0 Å². The van der Waals surface area contributed by atoms with Crippen LogP contribution < -0.4 is 11.5 Å². The zero-order valence-electron chi connectivity index (χ0n) is 19.2. The summed E-state index contributed by atoms with van der Waals surface area (Å²) < 4.78 is 11.3. The van der Waals surface area contributed by atoms with Gasteiger partial charge in [-0.05, 0) is 67.6 Å². The number of hydrogen-bond acceptors (Lipinski definition) is 6. The van der Waals surface area contributed by atoms with Gasteiger partial charge in [-0.25, -0.2) is 0 Å². The Balaban J connectivity index is 1.82. The fourth-order valence-corrected chi connectivity index (χ4v) is 5.67. The molecule has 5 unspecified atom stereocenters. The van der Waals surface area contributed by atoms with E-state index in [1.807, 2.05) is 0 Å². The average Bonchev–Trinajstić information content (AvgIpc) is 2.50. The predicted octanol–water partition coefficient (Wildman–Crippen LogP) is 3.55. The molecule has 29 heavy (non-hydrogen) atoms. The maximum absolute atomic E-state index is 12.5. The second-order valence-corrected chi connectivity index (χ2v) is 11.4. The van der Waals surface area contributed by atoms with Crippen molar-refractivity contribution in [2.24, 2.45) is 34.1 Å². The summed E-state index contributed by atoms with van der Waals surface area (Å²) in [4.78, 5) is 24.9. The van der Waals surface area contributed by atoms with E-state index in [2.05, 4.69) is 41.5 Å². The third-order valence-electron chi connectivity index (χ3n) is 6.37. The number of hydrogen-bond donors (Lipinski definition) is 2. The molecule has 0 amide bonds. The van der Waals surface area contributed by atoms with Gasteiger partial charge in [0.15, 0.2) is 0 Å². The van der Waals surface area contributed by atoms with Gasteiger partial charge in [0, 0.05) is 0 Å². The average molecular weight is 411 g/mol. The molecule has 2 aliphatic carbocycles. The van der Waals surface area contributed by atoms with E-state index < -0.39 is 24.0 Å². The van der Waals surface area contributed by atoms with Gasteiger partial charge < -0.3 is 20.9 Å². The fourth-order valence-electron chi connectivity index (χ4n) is 5.67. The van der Waals surface area contributed by atoms with Crippen LogP contribution in [0.25, 0.3) is 0 Å². The molecule has 0 aliphatic heterocycles. The first-order chi connectivity index (χ1) is 13.3. The molecular weight excluding hydrogens is 368 g/mol. The molecule has 4 N–H and O–H groups in total. The minimum absolute atomic E-state index is 0.0367. The molecule has 6 atom stereocenters. The Hall–Kier alpha value is -1.14. The number of ether oxygens (including phenoxy) is 2. The Labute approximate surface area is 176 Å². The van der Waals surface area contributed by atoms with Crippen molar-refractivity contribution in [2.45, 2.75) is 111 Å². The van der Waals surface area contributed by atoms with Crippen LogP contribution in [0.3, 0.4) is 0 Å². The zero-order chi connectivity index (χ0) is 22.0. The normalized spacial score (nSPS) is 33.4. The number of carbonyl (C=O) groups is 2. The second kappa shape index (κ2) is 9.34. The Morgan fingerprint density at radius 3 is 1.45 bits per heavy atom. The molecule has 0 heterocycles. The van der Waals surface area contributed by atoms with Crippen LogP contribution in [0.5, 0.6) is 0 Å². The maximum atomic E-state index is 12.5. The van der Waals surface area contributed by atoms with Crippen LogP contribution >= 0.6 is 0 Å². The first-order valence-corrected chi connectivity index (χ1v) is 11.2. The van der Waals surface area contributed by atoms with Gasteiger partial charge >= 0.3 is 11.9 Å². The molecule has 2 fully saturated rings. The van der Waals surface area contributed by atoms with Gasteiger partial charge in [0.05, 0.1) is 0 Å². The van der Waals surface area contributed by atoms with Crippen LogP contribution in [-0.2, 0) is 19.1 Å². The quantitative estimate of drug-likeness (QED) is 0.649. The molecule has 6 heteroatoms. The summed E-state index contributed by atoms with van der Waals surface area (Å²) in [7, 11) is 0. The van der Waals surface area contributed by atoms with Crippen molar-refractivity contribution in [2.75, 3.05) is 0 Å². The lowest BCUT2D eigenvalue weighted by atomic mass is 9.71. The zero-order valence-corrected chi connectivity index (χ0v) is 19.2. The van der Waals surface area contributed by atoms with Crippen LogP contribution in [0, 0.1) is 22.7 Å². The third-order valence-corrected chi connectivity index (χ3v) is 6.37. The van der Waals surface area contributed by atoms with E-state index in [0.29, 0.717) is 11.8 Å². The van der Waals surface area contributed by atoms with Crippen molar-refractivity contribution < 1.29 is 19.1 Å². The van der Waals surface area contributed by atoms with E-state index in [1.54, 1.807) is 0 Å². The molecule has 0 aromatic carbocycles. The topological polar surface area (TPSA) is 105 Å². The SMILES string of the molecule is CC1CC(OC(=O)C(N)C[C@@H](N)C(=O)OC2CC(C)CC(C)(C)C2)CC(C)(C)C1. The maximum Gasteiger partial charge on any atom is 0.323 e. The summed E-state index contributed by atoms with van der Waals surface area (Å²) in [6.45, 7) is 13.2. The van der Waals surface area contributed by atoms with Gasteiger partial charge in [-0.3, -0.25) is 9.59 Å². The largest absolute Gasteiger partial charge is 0.461 e. The standard InChI is InChI=1S/C23H42N2O4/c1-14-7-16(12-22(3,4)10-14)28-20(26)18(24)9-19(25)21(27)29-17-8-15(2)11-23(5,6)13-17/h14-19H,7-13,24-25H2,1-6H3/t14?,15?,16?,17?,18-,19?/m1/s1. The molecular formula is C23H42N2O4. The number of rotatable bonds is 6. The Bertz CT molecular complexity index is 539. The lowest BCUT2D eigenvalue weighted by molar-refractivity contribution is -0.157. The highest BCUT2D eigenvalue weighted by atomic mass is 16.5. The second-order valence-electron chi connectivity index (χ2n) is 11.4. The first-order valence-electron chi connectivity index (χ1n) is 11.2. The third kappa shape index (κ3) is 7.56. The van der Waals surface area contributed by atoms with E-state index in [0.717, 1.165) is 38.5 Å². The van der Waals surface area contributed by atoms with Crippen molar-refractivity contribution in [3.63, 3.8) is 0 Å². The van der Waals surface area contributed by atoms with Crippen molar-refractivity contribution in [3.05, 3.63) is 0 Å². The van der Waals surface area contributed by atoms with E-state index in [-0.39, 0.29) is 29.5 Å². The molecule has 2 saturated carbocycles. The van der Waals surface area contributed by atoms with Gasteiger partial charge in [-0.1, -0.05) is 41.5 Å². The lowest BCUT2D eigenvalue weighted by Gasteiger charge is -2.39. The number of carbonyl (C=O) groups excluding carboxylic acids is 2. The van der Waals surface area contributed by atoms with Crippen LogP contribution in [0.2, 0.25) is 0 Å². The number of esters is 2. The molecule has 2 rings (SSSR count). The molecule has 0 aromatic heterocycles. The highest BCUT2D eigenvalue weighted by Gasteiger charge is 2.37. The predicted molar refractivity (Wildman–Crippen MR) is 114 cm³/mol. The van der Waals surface area contributed by atoms with Crippen LogP contribution in [0.1, 0.15) is 86.5 Å². The molecule has 2 aliphatic rings. The van der Waals surface area contributed by atoms with Gasteiger partial charge in [-0.15, -0.1) is 0 Å². The summed E-state index contributed by atoms with van der Waals surface area (Å²) in [6, 6.07) is -1.83. The van der Waals surface area contributed by atoms with Crippen molar-refractivity contribution in [1.29, 1.82) is 0 Å². The van der Waals surface area contributed by atoms with Crippen LogP contribution in [0.4, 0.5) is 0 Å². The minimum Gasteiger partial charge on any atom is -0.461 e. The van der Waals surface area contributed by atoms with Gasteiger partial charge in [0.1, 0.15) is 24.3 Å². The van der Waals surface area contributed by atoms with Crippen molar-refractivity contribution in [3.8, 4) is 0 Å². The summed E-state index contributed by atoms with van der Waals surface area (Å²) in [5, 5.41) is 0. The minimum atomic E-state index is -0.917. The highest BCUT2D eigenvalue weighted by molar-refractivity contribution is 5.79. The van der Waals surface area contributed by atoms with Crippen LogP contribution in [-0.4, -0.2) is 36.2 Å². The summed E-state index contributed by atoms with van der Waals surface area (Å²) in [5.74, 6) is 0.0606. The number of nitrogens with two attached hydrogens (primary N) is 2. The molecule has 0 radical (unpaired) electrons. The van der Waals surface area contributed by atoms with Gasteiger partial charge in [0.2, 0.25) is 0 Å². The highest BCUT2D eigenvalue weighted by Crippen LogP contribution is 2.40. The Kier molecular flexibility index (Phi) is 7.77. The fraction of sp³-hybridized carbons (Fsp3) is 0.913.